The van der Waals surface area contributed by atoms with Crippen molar-refractivity contribution in [2.24, 2.45) is 0 Å². The van der Waals surface area contributed by atoms with Crippen LogP contribution in [0, 0.1) is 0 Å². The number of benzene rings is 2. The quantitative estimate of drug-likeness (QED) is 0.251. The Morgan fingerprint density at radius 2 is 1.84 bits per heavy atom. The number of carbonyl (C=O) groups is 2. The van der Waals surface area contributed by atoms with Gasteiger partial charge in [-0.2, -0.15) is 0 Å². The van der Waals surface area contributed by atoms with Crippen LogP contribution in [-0.4, -0.2) is 76.1 Å². The number of nitrogens with one attached hydrogen (secondary N) is 1. The van der Waals surface area contributed by atoms with Crippen molar-refractivity contribution in [3.8, 4) is 11.5 Å². The number of carboxylic acid groups (broad SMARTS) is 2. The number of carboxylic acids is 2. The van der Waals surface area contributed by atoms with Crippen LogP contribution in [0.4, 0.5) is 0 Å². The molecule has 10 heteroatoms. The van der Waals surface area contributed by atoms with E-state index in [9.17, 15) is 5.11 Å². The Labute approximate surface area is 224 Å². The molecular weight excluding hydrogens is 508 g/mol. The Hall–Kier alpha value is -3.60. The summed E-state index contributed by atoms with van der Waals surface area (Å²) in [5.41, 5.74) is 1.05. The minimum Gasteiger partial charge on any atom is -0.496 e. The van der Waals surface area contributed by atoms with Crippen molar-refractivity contribution in [1.29, 1.82) is 0 Å². The van der Waals surface area contributed by atoms with Gasteiger partial charge in [0.15, 0.2) is 0 Å². The number of methoxy groups -OCH3 is 1. The number of thiophene rings is 1. The summed E-state index contributed by atoms with van der Waals surface area (Å²) in [7, 11) is 1.74. The zero-order valence-electron chi connectivity index (χ0n) is 21.3. The molecule has 1 fully saturated rings. The number of aromatic nitrogens is 1. The number of fused-ring (bicyclic) bond motifs is 2. The normalized spacial score (nSPS) is 18.5. The number of ether oxygens (including phenoxy) is 2. The molecule has 0 bridgehead atoms. The number of likely N-dealkylation sites (tertiary alicyclic amines) is 1. The molecule has 1 saturated heterocycles. The smallest absolute Gasteiger partial charge is 0.414 e. The SMILES string of the molecule is COc1cccc2sc([C@@H]3CCN(C[C@H](O)COc4cccc5[nH]ccc45)[C@H](C)C3)cc12.O=C(O)C(=O)O. The molecular formula is C28H32N2O7S. The third-order valence-corrected chi connectivity index (χ3v) is 8.05. The number of β-amino-alcohol motifs (C(OH)–C–C–N with tert-alkyl or cyclic N) is 1. The number of piperidine rings is 1. The number of hydrogen-bond acceptors (Lipinski definition) is 7. The first-order valence-electron chi connectivity index (χ1n) is 12.4. The first-order chi connectivity index (χ1) is 18.3. The number of aliphatic hydroxyl groups is 1. The fraction of sp³-hybridized carbons (Fsp3) is 0.357. The standard InChI is InChI=1S/C26H30N2O3S.C2H2O4/c1-17-13-18(26-14-21-23(30-2)6-4-8-25(21)32-26)10-12-28(17)15-19(29)16-31-24-7-3-5-22-20(24)9-11-27-22;3-1(4)2(5)6/h3-9,11,14,17-19,27,29H,10,12-13,15-16H2,1-2H3;(H,3,4)(H,5,6)/t17-,18-,19+;/m1./s1. The van der Waals surface area contributed by atoms with Crippen LogP contribution in [0.1, 0.15) is 30.6 Å². The maximum Gasteiger partial charge on any atom is 0.414 e. The third kappa shape index (κ3) is 6.45. The van der Waals surface area contributed by atoms with Crippen LogP contribution >= 0.6 is 11.3 Å². The second-order valence-corrected chi connectivity index (χ2v) is 10.5. The van der Waals surface area contributed by atoms with Crippen LogP contribution in [-0.2, 0) is 9.59 Å². The highest BCUT2D eigenvalue weighted by Gasteiger charge is 2.29. The Kier molecular flexibility index (Phi) is 8.88. The number of aliphatic hydroxyl groups excluding tert-OH is 1. The van der Waals surface area contributed by atoms with Gasteiger partial charge in [0.25, 0.3) is 0 Å². The molecule has 3 heterocycles. The molecule has 202 valence electrons. The second-order valence-electron chi connectivity index (χ2n) is 9.36. The van der Waals surface area contributed by atoms with Crippen LogP contribution in [0.2, 0.25) is 0 Å². The van der Waals surface area contributed by atoms with Gasteiger partial charge in [0.05, 0.1) is 7.11 Å². The van der Waals surface area contributed by atoms with Gasteiger partial charge in [-0.15, -0.1) is 11.3 Å². The minimum absolute atomic E-state index is 0.299. The number of aliphatic carboxylic acids is 2. The summed E-state index contributed by atoms with van der Waals surface area (Å²) >= 11 is 1.89. The van der Waals surface area contributed by atoms with E-state index >= 15 is 0 Å². The maximum atomic E-state index is 10.7. The van der Waals surface area contributed by atoms with Crippen molar-refractivity contribution < 1.29 is 34.4 Å². The highest BCUT2D eigenvalue weighted by molar-refractivity contribution is 7.19. The molecule has 1 aliphatic heterocycles. The molecule has 0 amide bonds. The molecule has 0 radical (unpaired) electrons. The van der Waals surface area contributed by atoms with Crippen molar-refractivity contribution >= 4 is 44.3 Å². The highest BCUT2D eigenvalue weighted by Crippen LogP contribution is 2.40. The average Bonchev–Trinajstić information content (AvgIpc) is 3.56. The van der Waals surface area contributed by atoms with E-state index in [1.807, 2.05) is 47.9 Å². The summed E-state index contributed by atoms with van der Waals surface area (Å²) < 4.78 is 12.8. The van der Waals surface area contributed by atoms with E-state index in [2.05, 4.69) is 35.0 Å². The molecule has 4 aromatic rings. The summed E-state index contributed by atoms with van der Waals surface area (Å²) in [6, 6.07) is 17.0. The zero-order chi connectivity index (χ0) is 27.2. The molecule has 0 spiro atoms. The van der Waals surface area contributed by atoms with Crippen molar-refractivity contribution in [3.05, 3.63) is 59.6 Å². The largest absolute Gasteiger partial charge is 0.496 e. The van der Waals surface area contributed by atoms with Crippen molar-refractivity contribution in [3.63, 3.8) is 0 Å². The molecule has 0 unspecified atom stereocenters. The van der Waals surface area contributed by atoms with E-state index in [1.54, 1.807) is 7.11 Å². The van der Waals surface area contributed by atoms with Crippen LogP contribution in [0.5, 0.6) is 11.5 Å². The van der Waals surface area contributed by atoms with Crippen LogP contribution in [0.25, 0.3) is 21.0 Å². The molecule has 1 aliphatic rings. The topological polar surface area (TPSA) is 132 Å². The molecule has 2 aromatic carbocycles. The number of hydrogen-bond donors (Lipinski definition) is 4. The molecule has 9 nitrogen and oxygen atoms in total. The zero-order valence-corrected chi connectivity index (χ0v) is 22.1. The van der Waals surface area contributed by atoms with Gasteiger partial charge >= 0.3 is 11.9 Å². The molecule has 4 N–H and O–H groups in total. The van der Waals surface area contributed by atoms with Gasteiger partial charge < -0.3 is 29.8 Å². The first-order valence-corrected chi connectivity index (χ1v) is 13.2. The van der Waals surface area contributed by atoms with Crippen molar-refractivity contribution in [2.75, 3.05) is 26.8 Å². The van der Waals surface area contributed by atoms with Crippen molar-refractivity contribution in [2.45, 2.75) is 37.8 Å². The summed E-state index contributed by atoms with van der Waals surface area (Å²) in [5.74, 6) is -1.32. The summed E-state index contributed by atoms with van der Waals surface area (Å²) in [4.78, 5) is 25.2. The number of H-pyrrole nitrogens is 1. The number of aromatic amines is 1. The first kappa shape index (κ1) is 27.4. The second kappa shape index (κ2) is 12.3. The fourth-order valence-electron chi connectivity index (χ4n) is 4.88. The summed E-state index contributed by atoms with van der Waals surface area (Å²) in [6.45, 7) is 4.19. The molecule has 5 rings (SSSR count). The number of nitrogens with zero attached hydrogens (tertiary/aromatic N) is 1. The van der Waals surface area contributed by atoms with E-state index in [1.165, 1.54) is 15.0 Å². The molecule has 3 atom stereocenters. The molecule has 0 aliphatic carbocycles. The average molecular weight is 541 g/mol. The summed E-state index contributed by atoms with van der Waals surface area (Å²) in [5, 5.41) is 27.7. The van der Waals surface area contributed by atoms with E-state index in [0.717, 1.165) is 41.8 Å². The minimum atomic E-state index is -1.82. The Bertz CT molecular complexity index is 1390. The van der Waals surface area contributed by atoms with Gasteiger partial charge in [0, 0.05) is 44.6 Å². The third-order valence-electron chi connectivity index (χ3n) is 6.79. The van der Waals surface area contributed by atoms with E-state index in [4.69, 9.17) is 29.3 Å². The fourth-order valence-corrected chi connectivity index (χ4v) is 6.10. The predicted octanol–water partition coefficient (Wildman–Crippen LogP) is 4.55. The Morgan fingerprint density at radius 1 is 1.11 bits per heavy atom. The molecule has 38 heavy (non-hydrogen) atoms. The highest BCUT2D eigenvalue weighted by atomic mass is 32.1. The van der Waals surface area contributed by atoms with Gasteiger partial charge in [0.2, 0.25) is 0 Å². The van der Waals surface area contributed by atoms with Gasteiger partial charge in [-0.25, -0.2) is 9.59 Å². The lowest BCUT2D eigenvalue weighted by Gasteiger charge is -2.38. The maximum absolute atomic E-state index is 10.7. The molecule has 0 saturated carbocycles. The van der Waals surface area contributed by atoms with E-state index < -0.39 is 18.0 Å². The van der Waals surface area contributed by atoms with Gasteiger partial charge in [-0.05, 0) is 68.6 Å². The lowest BCUT2D eigenvalue weighted by molar-refractivity contribution is -0.159. The molecule has 2 aromatic heterocycles. The lowest BCUT2D eigenvalue weighted by Crippen LogP contribution is -2.45. The monoisotopic (exact) mass is 540 g/mol. The Morgan fingerprint density at radius 3 is 2.55 bits per heavy atom. The predicted molar refractivity (Wildman–Crippen MR) is 146 cm³/mol. The van der Waals surface area contributed by atoms with E-state index in [0.29, 0.717) is 25.1 Å². The van der Waals surface area contributed by atoms with Gasteiger partial charge in [-0.1, -0.05) is 12.1 Å². The van der Waals surface area contributed by atoms with Gasteiger partial charge in [0.1, 0.15) is 24.2 Å². The Balaban J connectivity index is 0.000000505. The van der Waals surface area contributed by atoms with Crippen molar-refractivity contribution in [1.82, 2.24) is 9.88 Å². The summed E-state index contributed by atoms with van der Waals surface area (Å²) in [6.07, 6.45) is 3.60. The van der Waals surface area contributed by atoms with Crippen LogP contribution in [0.15, 0.2) is 54.7 Å². The lowest BCUT2D eigenvalue weighted by atomic mass is 9.90. The van der Waals surface area contributed by atoms with Crippen LogP contribution < -0.4 is 9.47 Å². The number of rotatable bonds is 7. The van der Waals surface area contributed by atoms with Gasteiger partial charge in [-0.3, -0.25) is 4.90 Å². The van der Waals surface area contributed by atoms with Crippen LogP contribution in [0.3, 0.4) is 0 Å². The van der Waals surface area contributed by atoms with E-state index in [-0.39, 0.29) is 0 Å².